The van der Waals surface area contributed by atoms with Crippen molar-refractivity contribution in [1.82, 2.24) is 10.2 Å². The normalized spacial score (nSPS) is 18.4. The van der Waals surface area contributed by atoms with Gasteiger partial charge in [-0.2, -0.15) is 0 Å². The van der Waals surface area contributed by atoms with Crippen molar-refractivity contribution in [3.05, 3.63) is 29.3 Å². The van der Waals surface area contributed by atoms with E-state index < -0.39 is 0 Å². The number of nitrogens with one attached hydrogen (secondary N) is 1. The SMILES string of the molecule is CC(C)C(C)NC(=O)C1CCN(C(=O)CSc2ccc3c(c2)CCC3)CC1. The maximum absolute atomic E-state index is 12.6. The van der Waals surface area contributed by atoms with Crippen LogP contribution in [0.1, 0.15) is 51.2 Å². The van der Waals surface area contributed by atoms with E-state index in [-0.39, 0.29) is 23.8 Å². The Kier molecular flexibility index (Phi) is 6.85. The first-order valence-electron chi connectivity index (χ1n) is 10.3. The smallest absolute Gasteiger partial charge is 0.232 e. The summed E-state index contributed by atoms with van der Waals surface area (Å²) in [6.07, 6.45) is 5.15. The van der Waals surface area contributed by atoms with Gasteiger partial charge in [0.2, 0.25) is 11.8 Å². The first-order chi connectivity index (χ1) is 12.9. The third kappa shape index (κ3) is 5.28. The van der Waals surface area contributed by atoms with Crippen LogP contribution in [0.15, 0.2) is 23.1 Å². The molecule has 2 amide bonds. The van der Waals surface area contributed by atoms with E-state index in [2.05, 4.69) is 44.3 Å². The molecule has 0 radical (unpaired) electrons. The Hall–Kier alpha value is -1.49. The Labute approximate surface area is 167 Å². The van der Waals surface area contributed by atoms with Gasteiger partial charge >= 0.3 is 0 Å². The van der Waals surface area contributed by atoms with Crippen molar-refractivity contribution in [2.24, 2.45) is 11.8 Å². The summed E-state index contributed by atoms with van der Waals surface area (Å²) in [7, 11) is 0. The first kappa shape index (κ1) is 20.2. The second-order valence-electron chi connectivity index (χ2n) is 8.27. The number of rotatable bonds is 6. The standard InChI is InChI=1S/C22H32N2O2S/c1-15(2)16(3)23-22(26)18-9-11-24(12-10-18)21(25)14-27-20-8-7-17-5-4-6-19(17)13-20/h7-8,13,15-16,18H,4-6,9-12,14H2,1-3H3,(H,23,26). The van der Waals surface area contributed by atoms with Crippen LogP contribution in [0.25, 0.3) is 0 Å². The van der Waals surface area contributed by atoms with Crippen LogP contribution < -0.4 is 5.32 Å². The molecule has 5 heteroatoms. The summed E-state index contributed by atoms with van der Waals surface area (Å²) >= 11 is 1.64. The summed E-state index contributed by atoms with van der Waals surface area (Å²) in [5.41, 5.74) is 2.92. The molecule has 0 spiro atoms. The summed E-state index contributed by atoms with van der Waals surface area (Å²) in [6, 6.07) is 6.82. The van der Waals surface area contributed by atoms with Gasteiger partial charge in [0.25, 0.3) is 0 Å². The Balaban J connectivity index is 1.42. The number of nitrogens with zero attached hydrogens (tertiary/aromatic N) is 1. The Morgan fingerprint density at radius 1 is 1.15 bits per heavy atom. The number of thioether (sulfide) groups is 1. The second-order valence-corrected chi connectivity index (χ2v) is 9.32. The summed E-state index contributed by atoms with van der Waals surface area (Å²) in [6.45, 7) is 7.67. The molecular formula is C22H32N2O2S. The van der Waals surface area contributed by atoms with E-state index in [1.165, 1.54) is 35.3 Å². The Morgan fingerprint density at radius 2 is 1.85 bits per heavy atom. The zero-order chi connectivity index (χ0) is 19.4. The lowest BCUT2D eigenvalue weighted by molar-refractivity contribution is -0.134. The van der Waals surface area contributed by atoms with Gasteiger partial charge in [0, 0.05) is 29.9 Å². The molecule has 27 heavy (non-hydrogen) atoms. The molecule has 0 bridgehead atoms. The quantitative estimate of drug-likeness (QED) is 0.757. The van der Waals surface area contributed by atoms with Crippen molar-refractivity contribution in [1.29, 1.82) is 0 Å². The molecule has 1 aromatic rings. The maximum Gasteiger partial charge on any atom is 0.232 e. The van der Waals surface area contributed by atoms with E-state index >= 15 is 0 Å². The van der Waals surface area contributed by atoms with Crippen LogP contribution in [0, 0.1) is 11.8 Å². The number of hydrogen-bond donors (Lipinski definition) is 1. The van der Waals surface area contributed by atoms with Crippen molar-refractivity contribution >= 4 is 23.6 Å². The van der Waals surface area contributed by atoms with E-state index in [9.17, 15) is 9.59 Å². The number of carbonyl (C=O) groups excluding carboxylic acids is 2. The van der Waals surface area contributed by atoms with E-state index in [1.807, 2.05) is 4.90 Å². The van der Waals surface area contributed by atoms with Crippen molar-refractivity contribution in [3.8, 4) is 0 Å². The molecule has 1 fully saturated rings. The van der Waals surface area contributed by atoms with Gasteiger partial charge in [-0.05, 0) is 68.2 Å². The predicted molar refractivity (Wildman–Crippen MR) is 111 cm³/mol. The van der Waals surface area contributed by atoms with Gasteiger partial charge in [0.1, 0.15) is 0 Å². The van der Waals surface area contributed by atoms with E-state index in [4.69, 9.17) is 0 Å². The fourth-order valence-corrected chi connectivity index (χ4v) is 4.64. The van der Waals surface area contributed by atoms with Crippen molar-refractivity contribution in [3.63, 3.8) is 0 Å². The molecule has 3 rings (SSSR count). The average Bonchev–Trinajstić information content (AvgIpc) is 3.13. The lowest BCUT2D eigenvalue weighted by Crippen LogP contribution is -2.46. The molecule has 1 aromatic carbocycles. The number of likely N-dealkylation sites (tertiary alicyclic amines) is 1. The summed E-state index contributed by atoms with van der Waals surface area (Å²) in [5.74, 6) is 1.30. The lowest BCUT2D eigenvalue weighted by Gasteiger charge is -2.32. The van der Waals surface area contributed by atoms with Gasteiger partial charge in [-0.3, -0.25) is 9.59 Å². The summed E-state index contributed by atoms with van der Waals surface area (Å²) < 4.78 is 0. The van der Waals surface area contributed by atoms with Gasteiger partial charge < -0.3 is 10.2 Å². The lowest BCUT2D eigenvalue weighted by atomic mass is 9.95. The highest BCUT2D eigenvalue weighted by Gasteiger charge is 2.28. The zero-order valence-electron chi connectivity index (χ0n) is 16.8. The fourth-order valence-electron chi connectivity index (χ4n) is 3.77. The molecule has 0 aromatic heterocycles. The number of benzene rings is 1. The van der Waals surface area contributed by atoms with Crippen molar-refractivity contribution < 1.29 is 9.59 Å². The monoisotopic (exact) mass is 388 g/mol. The highest BCUT2D eigenvalue weighted by Crippen LogP contribution is 2.28. The summed E-state index contributed by atoms with van der Waals surface area (Å²) in [5, 5.41) is 3.11. The van der Waals surface area contributed by atoms with Gasteiger partial charge in [0.15, 0.2) is 0 Å². The molecule has 1 aliphatic heterocycles. The van der Waals surface area contributed by atoms with Crippen LogP contribution in [0.4, 0.5) is 0 Å². The van der Waals surface area contributed by atoms with Gasteiger partial charge in [-0.15, -0.1) is 11.8 Å². The van der Waals surface area contributed by atoms with Crippen LogP contribution >= 0.6 is 11.8 Å². The first-order valence-corrected chi connectivity index (χ1v) is 11.3. The molecule has 0 saturated carbocycles. The molecule has 1 N–H and O–H groups in total. The molecule has 1 atom stereocenters. The number of hydrogen-bond acceptors (Lipinski definition) is 3. The third-order valence-electron chi connectivity index (χ3n) is 6.02. The van der Waals surface area contributed by atoms with E-state index in [0.717, 1.165) is 12.8 Å². The van der Waals surface area contributed by atoms with Gasteiger partial charge in [-0.1, -0.05) is 19.9 Å². The Bertz CT molecular complexity index is 681. The van der Waals surface area contributed by atoms with Crippen LogP contribution in [-0.2, 0) is 22.4 Å². The van der Waals surface area contributed by atoms with E-state index in [0.29, 0.717) is 24.8 Å². The minimum Gasteiger partial charge on any atom is -0.353 e. The minimum atomic E-state index is 0.0413. The molecule has 1 unspecified atom stereocenters. The van der Waals surface area contributed by atoms with Crippen molar-refractivity contribution in [2.45, 2.75) is 63.8 Å². The molecular weight excluding hydrogens is 356 g/mol. The Morgan fingerprint density at radius 3 is 2.56 bits per heavy atom. The molecule has 1 aliphatic carbocycles. The molecule has 148 valence electrons. The largest absolute Gasteiger partial charge is 0.353 e. The highest BCUT2D eigenvalue weighted by atomic mass is 32.2. The van der Waals surface area contributed by atoms with Crippen molar-refractivity contribution in [2.75, 3.05) is 18.8 Å². The van der Waals surface area contributed by atoms with Gasteiger partial charge in [0.05, 0.1) is 5.75 Å². The minimum absolute atomic E-state index is 0.0413. The number of aryl methyl sites for hydroxylation is 2. The number of piperidine rings is 1. The molecule has 1 saturated heterocycles. The number of carbonyl (C=O) groups is 2. The average molecular weight is 389 g/mol. The maximum atomic E-state index is 12.6. The predicted octanol–water partition coefficient (Wildman–Crippen LogP) is 3.67. The number of fused-ring (bicyclic) bond motifs is 1. The molecule has 2 aliphatic rings. The number of amides is 2. The third-order valence-corrected chi connectivity index (χ3v) is 7.00. The molecule has 4 nitrogen and oxygen atoms in total. The molecule has 1 heterocycles. The highest BCUT2D eigenvalue weighted by molar-refractivity contribution is 8.00. The second kappa shape index (κ2) is 9.13. The topological polar surface area (TPSA) is 49.4 Å². The van der Waals surface area contributed by atoms with Gasteiger partial charge in [-0.25, -0.2) is 0 Å². The van der Waals surface area contributed by atoms with Crippen LogP contribution in [0.2, 0.25) is 0 Å². The zero-order valence-corrected chi connectivity index (χ0v) is 17.6. The van der Waals surface area contributed by atoms with Crippen LogP contribution in [0.3, 0.4) is 0 Å². The fraction of sp³-hybridized carbons (Fsp3) is 0.636. The van der Waals surface area contributed by atoms with E-state index in [1.54, 1.807) is 11.8 Å². The van der Waals surface area contributed by atoms with Crippen LogP contribution in [-0.4, -0.2) is 41.6 Å². The van der Waals surface area contributed by atoms with Crippen LogP contribution in [0.5, 0.6) is 0 Å². The summed E-state index contributed by atoms with van der Waals surface area (Å²) in [4.78, 5) is 28.0.